The fourth-order valence-corrected chi connectivity index (χ4v) is 2.57. The number of hydrogen-bond donors (Lipinski definition) is 2. The Morgan fingerprint density at radius 3 is 2.77 bits per heavy atom. The summed E-state index contributed by atoms with van der Waals surface area (Å²) in [4.78, 5) is 1.69. The molecule has 68 valence electrons. The van der Waals surface area contributed by atoms with Gasteiger partial charge in [-0.15, -0.1) is 11.3 Å². The second-order valence-electron chi connectivity index (χ2n) is 3.49. The third-order valence-electron chi connectivity index (χ3n) is 2.41. The van der Waals surface area contributed by atoms with Crippen molar-refractivity contribution in [2.75, 3.05) is 0 Å². The number of nitriles is 1. The average molecular weight is 194 g/mol. The number of aliphatic hydroxyl groups is 1. The summed E-state index contributed by atoms with van der Waals surface area (Å²) < 4.78 is 0. The average Bonchev–Trinajstić information content (AvgIpc) is 2.49. The van der Waals surface area contributed by atoms with Crippen LogP contribution in [0.1, 0.15) is 22.6 Å². The van der Waals surface area contributed by atoms with Gasteiger partial charge in [-0.1, -0.05) is 0 Å². The molecule has 3 nitrogen and oxygen atoms in total. The van der Waals surface area contributed by atoms with Gasteiger partial charge in [0.05, 0.1) is 11.6 Å². The first-order valence-electron chi connectivity index (χ1n) is 4.11. The molecule has 1 fully saturated rings. The summed E-state index contributed by atoms with van der Waals surface area (Å²) in [7, 11) is 0. The molecule has 0 aromatic carbocycles. The van der Waals surface area contributed by atoms with E-state index >= 15 is 0 Å². The first-order chi connectivity index (χ1) is 6.14. The van der Waals surface area contributed by atoms with Crippen LogP contribution in [0.4, 0.5) is 0 Å². The van der Waals surface area contributed by atoms with Crippen molar-refractivity contribution in [2.45, 2.75) is 24.5 Å². The molecule has 0 atom stereocenters. The van der Waals surface area contributed by atoms with Crippen LogP contribution < -0.4 is 5.73 Å². The zero-order valence-corrected chi connectivity index (χ0v) is 7.84. The summed E-state index contributed by atoms with van der Waals surface area (Å²) in [5, 5.41) is 17.8. The van der Waals surface area contributed by atoms with Crippen molar-refractivity contribution >= 4 is 11.3 Å². The van der Waals surface area contributed by atoms with E-state index in [0.29, 0.717) is 17.7 Å². The first kappa shape index (κ1) is 8.70. The lowest BCUT2D eigenvalue weighted by molar-refractivity contribution is 0.0227. The SMILES string of the molecule is N#Cc1ccc(C2(N)CC(O)C2)s1. The molecule has 3 N–H and O–H groups in total. The molecule has 1 aliphatic rings. The van der Waals surface area contributed by atoms with Crippen molar-refractivity contribution in [3.63, 3.8) is 0 Å². The molecule has 1 heterocycles. The Balaban J connectivity index is 2.22. The molecule has 2 rings (SSSR count). The van der Waals surface area contributed by atoms with Gasteiger partial charge < -0.3 is 10.8 Å². The smallest absolute Gasteiger partial charge is 0.110 e. The van der Waals surface area contributed by atoms with Crippen molar-refractivity contribution in [1.82, 2.24) is 0 Å². The lowest BCUT2D eigenvalue weighted by Gasteiger charge is -2.41. The maximum Gasteiger partial charge on any atom is 0.110 e. The van der Waals surface area contributed by atoms with E-state index in [1.54, 1.807) is 6.07 Å². The molecule has 13 heavy (non-hydrogen) atoms. The van der Waals surface area contributed by atoms with Crippen LogP contribution in [0.15, 0.2) is 12.1 Å². The molecule has 1 aromatic heterocycles. The van der Waals surface area contributed by atoms with Gasteiger partial charge in [0.15, 0.2) is 0 Å². The Bertz CT molecular complexity index is 360. The van der Waals surface area contributed by atoms with E-state index in [1.165, 1.54) is 11.3 Å². The second kappa shape index (κ2) is 2.81. The van der Waals surface area contributed by atoms with E-state index in [9.17, 15) is 0 Å². The fourth-order valence-electron chi connectivity index (χ4n) is 1.65. The van der Waals surface area contributed by atoms with Gasteiger partial charge in [0, 0.05) is 4.88 Å². The maximum atomic E-state index is 9.17. The molecule has 0 radical (unpaired) electrons. The highest BCUT2D eigenvalue weighted by atomic mass is 32.1. The number of hydrogen-bond acceptors (Lipinski definition) is 4. The van der Waals surface area contributed by atoms with Crippen molar-refractivity contribution in [2.24, 2.45) is 5.73 Å². The Hall–Kier alpha value is -0.890. The van der Waals surface area contributed by atoms with Gasteiger partial charge in [-0.25, -0.2) is 0 Å². The van der Waals surface area contributed by atoms with Crippen LogP contribution in [-0.2, 0) is 5.54 Å². The van der Waals surface area contributed by atoms with Gasteiger partial charge in [-0.3, -0.25) is 0 Å². The summed E-state index contributed by atoms with van der Waals surface area (Å²) in [6, 6.07) is 5.74. The van der Waals surface area contributed by atoms with Crippen molar-refractivity contribution in [1.29, 1.82) is 5.26 Å². The Morgan fingerprint density at radius 1 is 1.62 bits per heavy atom. The van der Waals surface area contributed by atoms with Crippen LogP contribution in [-0.4, -0.2) is 11.2 Å². The summed E-state index contributed by atoms with van der Waals surface area (Å²) in [5.74, 6) is 0. The van der Waals surface area contributed by atoms with E-state index in [2.05, 4.69) is 6.07 Å². The summed E-state index contributed by atoms with van der Waals surface area (Å²) in [6.45, 7) is 0. The molecule has 0 unspecified atom stereocenters. The van der Waals surface area contributed by atoms with E-state index in [0.717, 1.165) is 4.88 Å². The molecule has 1 saturated carbocycles. The largest absolute Gasteiger partial charge is 0.393 e. The molecule has 0 spiro atoms. The molecular weight excluding hydrogens is 184 g/mol. The molecule has 0 aliphatic heterocycles. The third kappa shape index (κ3) is 1.35. The summed E-state index contributed by atoms with van der Waals surface area (Å²) in [5.41, 5.74) is 5.65. The van der Waals surface area contributed by atoms with Crippen LogP contribution in [0.25, 0.3) is 0 Å². The van der Waals surface area contributed by atoms with Crippen molar-refractivity contribution in [3.05, 3.63) is 21.9 Å². The van der Waals surface area contributed by atoms with E-state index < -0.39 is 0 Å². The predicted molar refractivity (Wildman–Crippen MR) is 50.1 cm³/mol. The fraction of sp³-hybridized carbons (Fsp3) is 0.444. The Morgan fingerprint density at radius 2 is 2.31 bits per heavy atom. The minimum atomic E-state index is -0.376. The standard InChI is InChI=1S/C9H10N2OS/c10-5-7-1-2-8(13-7)9(11)3-6(12)4-9/h1-2,6,12H,3-4,11H2. The summed E-state index contributed by atoms with van der Waals surface area (Å²) in [6.07, 6.45) is 0.953. The van der Waals surface area contributed by atoms with Crippen LogP contribution in [0.5, 0.6) is 0 Å². The van der Waals surface area contributed by atoms with Crippen LogP contribution in [0.2, 0.25) is 0 Å². The van der Waals surface area contributed by atoms with Crippen LogP contribution >= 0.6 is 11.3 Å². The zero-order valence-electron chi connectivity index (χ0n) is 7.03. The Labute approximate surface area is 80.4 Å². The molecule has 0 saturated heterocycles. The second-order valence-corrected chi connectivity index (χ2v) is 4.58. The number of aliphatic hydroxyl groups excluding tert-OH is 1. The summed E-state index contributed by atoms with van der Waals surface area (Å²) >= 11 is 1.42. The highest BCUT2D eigenvalue weighted by molar-refractivity contribution is 7.12. The Kier molecular flexibility index (Phi) is 1.88. The predicted octanol–water partition coefficient (Wildman–Crippen LogP) is 0.928. The third-order valence-corrected chi connectivity index (χ3v) is 3.62. The highest BCUT2D eigenvalue weighted by Crippen LogP contribution is 2.41. The van der Waals surface area contributed by atoms with Gasteiger partial charge in [0.2, 0.25) is 0 Å². The van der Waals surface area contributed by atoms with E-state index in [-0.39, 0.29) is 11.6 Å². The van der Waals surface area contributed by atoms with Gasteiger partial charge in [-0.05, 0) is 25.0 Å². The van der Waals surface area contributed by atoms with Gasteiger partial charge >= 0.3 is 0 Å². The molecule has 0 bridgehead atoms. The number of nitrogens with two attached hydrogens (primary N) is 1. The maximum absolute atomic E-state index is 9.17. The highest BCUT2D eigenvalue weighted by Gasteiger charge is 2.42. The number of thiophene rings is 1. The van der Waals surface area contributed by atoms with E-state index in [1.807, 2.05) is 6.07 Å². The van der Waals surface area contributed by atoms with Gasteiger partial charge in [0.25, 0.3) is 0 Å². The molecule has 1 aromatic rings. The molecule has 4 heteroatoms. The monoisotopic (exact) mass is 194 g/mol. The minimum absolute atomic E-state index is 0.266. The first-order valence-corrected chi connectivity index (χ1v) is 4.93. The minimum Gasteiger partial charge on any atom is -0.393 e. The zero-order chi connectivity index (χ0) is 9.47. The quantitative estimate of drug-likeness (QED) is 0.698. The van der Waals surface area contributed by atoms with Gasteiger partial charge in [0.1, 0.15) is 10.9 Å². The topological polar surface area (TPSA) is 70.0 Å². The lowest BCUT2D eigenvalue weighted by atomic mass is 9.74. The van der Waals surface area contributed by atoms with Gasteiger partial charge in [-0.2, -0.15) is 5.26 Å². The van der Waals surface area contributed by atoms with Crippen LogP contribution in [0.3, 0.4) is 0 Å². The van der Waals surface area contributed by atoms with Crippen molar-refractivity contribution in [3.8, 4) is 6.07 Å². The molecule has 0 amide bonds. The van der Waals surface area contributed by atoms with E-state index in [4.69, 9.17) is 16.1 Å². The molecule has 1 aliphatic carbocycles. The normalized spacial score (nSPS) is 32.2. The lowest BCUT2D eigenvalue weighted by Crippen LogP contribution is -2.51. The number of rotatable bonds is 1. The number of nitrogens with zero attached hydrogens (tertiary/aromatic N) is 1. The molecular formula is C9H10N2OS. The van der Waals surface area contributed by atoms with Crippen LogP contribution in [0, 0.1) is 11.3 Å². The van der Waals surface area contributed by atoms with Crippen molar-refractivity contribution < 1.29 is 5.11 Å².